The van der Waals surface area contributed by atoms with Crippen LogP contribution in [0, 0.1) is 5.41 Å². The van der Waals surface area contributed by atoms with Gasteiger partial charge in [-0.1, -0.05) is 38.4 Å². The van der Waals surface area contributed by atoms with E-state index < -0.39 is 5.41 Å². The van der Waals surface area contributed by atoms with Crippen molar-refractivity contribution >= 4 is 50.7 Å². The molecule has 0 aliphatic carbocycles. The van der Waals surface area contributed by atoms with Crippen LogP contribution in [0.1, 0.15) is 38.1 Å². The number of carbonyl (C=O) groups excluding carboxylic acids is 2. The Morgan fingerprint density at radius 3 is 2.48 bits per heavy atom. The summed E-state index contributed by atoms with van der Waals surface area (Å²) in [5.41, 5.74) is 0.892. The van der Waals surface area contributed by atoms with Gasteiger partial charge in [0.25, 0.3) is 5.91 Å². The molecule has 0 heterocycles. The molecule has 0 unspecified atom stereocenters. The molecule has 2 amide bonds. The molecule has 0 bridgehead atoms. The van der Waals surface area contributed by atoms with Gasteiger partial charge in [-0.3, -0.25) is 9.59 Å². The smallest absolute Gasteiger partial charge is 0.255 e. The zero-order chi connectivity index (χ0) is 20.2. The Labute approximate surface area is 172 Å². The van der Waals surface area contributed by atoms with E-state index in [-0.39, 0.29) is 11.8 Å². The highest BCUT2D eigenvalue weighted by Gasteiger charge is 2.21. The first-order valence-corrected chi connectivity index (χ1v) is 9.63. The number of hydrogen-bond donors (Lipinski definition) is 2. The van der Waals surface area contributed by atoms with Crippen molar-refractivity contribution in [1.82, 2.24) is 0 Å². The lowest BCUT2D eigenvalue weighted by molar-refractivity contribution is -0.123. The van der Waals surface area contributed by atoms with Gasteiger partial charge in [0.15, 0.2) is 5.75 Å². The molecule has 0 atom stereocenters. The van der Waals surface area contributed by atoms with Gasteiger partial charge in [0, 0.05) is 21.7 Å². The number of hydrogen-bond acceptors (Lipinski definition) is 3. The molecule has 0 radical (unpaired) electrons. The van der Waals surface area contributed by atoms with Crippen LogP contribution in [0.3, 0.4) is 0 Å². The van der Waals surface area contributed by atoms with Gasteiger partial charge in [-0.05, 0) is 53.2 Å². The zero-order valence-electron chi connectivity index (χ0n) is 15.7. The van der Waals surface area contributed by atoms with Crippen LogP contribution in [0.15, 0.2) is 40.9 Å². The Hall–Kier alpha value is -2.05. The van der Waals surface area contributed by atoms with Crippen LogP contribution in [0.2, 0.25) is 5.02 Å². The summed E-state index contributed by atoms with van der Waals surface area (Å²) in [5, 5.41) is 6.10. The van der Waals surface area contributed by atoms with E-state index in [1.807, 2.05) is 27.7 Å². The number of ether oxygens (including phenoxy) is 1. The van der Waals surface area contributed by atoms with Crippen LogP contribution < -0.4 is 15.4 Å². The van der Waals surface area contributed by atoms with Crippen molar-refractivity contribution in [2.45, 2.75) is 27.7 Å². The first-order chi connectivity index (χ1) is 12.6. The lowest BCUT2D eigenvalue weighted by Crippen LogP contribution is -2.27. The third-order valence-corrected chi connectivity index (χ3v) is 4.42. The maximum Gasteiger partial charge on any atom is 0.255 e. The number of halogens is 2. The van der Waals surface area contributed by atoms with E-state index in [0.717, 1.165) is 0 Å². The molecule has 0 spiro atoms. The Kier molecular flexibility index (Phi) is 6.89. The van der Waals surface area contributed by atoms with E-state index in [4.69, 9.17) is 16.3 Å². The highest BCUT2D eigenvalue weighted by molar-refractivity contribution is 9.10. The van der Waals surface area contributed by atoms with Crippen LogP contribution in [0.5, 0.6) is 5.75 Å². The molecule has 7 heteroatoms. The average molecular weight is 454 g/mol. The van der Waals surface area contributed by atoms with Gasteiger partial charge in [0.2, 0.25) is 5.91 Å². The summed E-state index contributed by atoms with van der Waals surface area (Å²) < 4.78 is 6.25. The minimum atomic E-state index is -0.530. The molecule has 0 saturated heterocycles. The minimum Gasteiger partial charge on any atom is -0.491 e. The largest absolute Gasteiger partial charge is 0.491 e. The number of amides is 2. The molecule has 2 N–H and O–H groups in total. The van der Waals surface area contributed by atoms with Crippen molar-refractivity contribution < 1.29 is 14.3 Å². The third-order valence-electron chi connectivity index (χ3n) is 3.61. The summed E-state index contributed by atoms with van der Waals surface area (Å²) in [7, 11) is 0. The quantitative estimate of drug-likeness (QED) is 0.607. The fraction of sp³-hybridized carbons (Fsp3) is 0.300. The maximum atomic E-state index is 12.7. The highest BCUT2D eigenvalue weighted by Crippen LogP contribution is 2.37. The van der Waals surface area contributed by atoms with E-state index in [9.17, 15) is 9.59 Å². The molecule has 0 aliphatic rings. The number of nitrogens with one attached hydrogen (secondary N) is 2. The van der Waals surface area contributed by atoms with Gasteiger partial charge >= 0.3 is 0 Å². The molecule has 5 nitrogen and oxygen atoms in total. The van der Waals surface area contributed by atoms with Crippen LogP contribution in [-0.2, 0) is 4.79 Å². The van der Waals surface area contributed by atoms with Crippen LogP contribution in [0.25, 0.3) is 0 Å². The third kappa shape index (κ3) is 5.71. The van der Waals surface area contributed by atoms with Crippen LogP contribution in [0.4, 0.5) is 11.4 Å². The fourth-order valence-electron chi connectivity index (χ4n) is 2.20. The van der Waals surface area contributed by atoms with E-state index in [0.29, 0.717) is 38.8 Å². The van der Waals surface area contributed by atoms with Crippen molar-refractivity contribution in [2.75, 3.05) is 17.2 Å². The molecule has 2 rings (SSSR count). The molecule has 27 heavy (non-hydrogen) atoms. The van der Waals surface area contributed by atoms with Crippen molar-refractivity contribution in [1.29, 1.82) is 0 Å². The predicted octanol–water partition coefficient (Wildman–Crippen LogP) is 5.74. The maximum absolute atomic E-state index is 12.7. The molecular formula is C20H22BrClN2O3. The number of benzene rings is 2. The average Bonchev–Trinajstić information content (AvgIpc) is 2.57. The molecule has 144 valence electrons. The number of rotatable bonds is 5. The number of anilines is 2. The normalized spacial score (nSPS) is 11.0. The second-order valence-corrected chi connectivity index (χ2v) is 8.23. The van der Waals surface area contributed by atoms with Gasteiger partial charge in [-0.2, -0.15) is 0 Å². The Morgan fingerprint density at radius 1 is 1.15 bits per heavy atom. The van der Waals surface area contributed by atoms with Gasteiger partial charge in [0.05, 0.1) is 16.8 Å². The summed E-state index contributed by atoms with van der Waals surface area (Å²) in [5.74, 6) is 0.0434. The lowest BCUT2D eigenvalue weighted by Gasteiger charge is -2.18. The van der Waals surface area contributed by atoms with E-state index in [1.165, 1.54) is 0 Å². The monoisotopic (exact) mass is 452 g/mol. The first-order valence-electron chi connectivity index (χ1n) is 8.46. The fourth-order valence-corrected chi connectivity index (χ4v) is 3.12. The molecule has 2 aromatic rings. The molecule has 0 fully saturated rings. The Morgan fingerprint density at radius 2 is 1.85 bits per heavy atom. The van der Waals surface area contributed by atoms with Gasteiger partial charge in [-0.25, -0.2) is 0 Å². The van der Waals surface area contributed by atoms with Crippen molar-refractivity contribution in [3.8, 4) is 5.75 Å². The second kappa shape index (κ2) is 8.76. The summed E-state index contributed by atoms with van der Waals surface area (Å²) in [6.07, 6.45) is 0. The molecule has 0 saturated carbocycles. The standard InChI is InChI=1S/C20H22BrClN2O3/c1-5-27-17-15(21)10-13(22)11-16(17)24-18(25)12-7-6-8-14(9-12)23-19(26)20(2,3)4/h6-11H,5H2,1-4H3,(H,23,26)(H,24,25). The lowest BCUT2D eigenvalue weighted by atomic mass is 9.95. The number of carbonyl (C=O) groups is 2. The molecular weight excluding hydrogens is 432 g/mol. The zero-order valence-corrected chi connectivity index (χ0v) is 18.0. The Balaban J connectivity index is 2.25. The van der Waals surface area contributed by atoms with Crippen molar-refractivity contribution in [3.63, 3.8) is 0 Å². The van der Waals surface area contributed by atoms with Crippen molar-refractivity contribution in [3.05, 3.63) is 51.5 Å². The molecule has 0 aromatic heterocycles. The topological polar surface area (TPSA) is 67.4 Å². The van der Waals surface area contributed by atoms with E-state index in [1.54, 1.807) is 36.4 Å². The minimum absolute atomic E-state index is 0.127. The summed E-state index contributed by atoms with van der Waals surface area (Å²) in [4.78, 5) is 24.8. The van der Waals surface area contributed by atoms with E-state index >= 15 is 0 Å². The van der Waals surface area contributed by atoms with E-state index in [2.05, 4.69) is 26.6 Å². The summed E-state index contributed by atoms with van der Waals surface area (Å²) >= 11 is 9.49. The SMILES string of the molecule is CCOc1c(Br)cc(Cl)cc1NC(=O)c1cccc(NC(=O)C(C)(C)C)c1. The summed E-state index contributed by atoms with van der Waals surface area (Å²) in [6, 6.07) is 10.1. The first kappa shape index (κ1) is 21.3. The van der Waals surface area contributed by atoms with Crippen LogP contribution >= 0.6 is 27.5 Å². The molecule has 2 aromatic carbocycles. The second-order valence-electron chi connectivity index (χ2n) is 6.94. The van der Waals surface area contributed by atoms with Crippen molar-refractivity contribution in [2.24, 2.45) is 5.41 Å². The highest BCUT2D eigenvalue weighted by atomic mass is 79.9. The van der Waals surface area contributed by atoms with Gasteiger partial charge < -0.3 is 15.4 Å². The van der Waals surface area contributed by atoms with Crippen LogP contribution in [-0.4, -0.2) is 18.4 Å². The predicted molar refractivity (Wildman–Crippen MR) is 113 cm³/mol. The summed E-state index contributed by atoms with van der Waals surface area (Å²) in [6.45, 7) is 7.77. The van der Waals surface area contributed by atoms with Gasteiger partial charge in [0.1, 0.15) is 0 Å². The van der Waals surface area contributed by atoms with Gasteiger partial charge in [-0.15, -0.1) is 0 Å². The molecule has 0 aliphatic heterocycles. The Bertz CT molecular complexity index is 863.